The second kappa shape index (κ2) is 6.46. The van der Waals surface area contributed by atoms with Crippen molar-refractivity contribution in [3.63, 3.8) is 0 Å². The highest BCUT2D eigenvalue weighted by atomic mass is 16.2. The molecule has 6 heteroatoms. The van der Waals surface area contributed by atoms with E-state index in [2.05, 4.69) is 23.4 Å². The van der Waals surface area contributed by atoms with Crippen molar-refractivity contribution in [2.24, 2.45) is 5.92 Å². The topological polar surface area (TPSA) is 58.4 Å². The number of hydrogen-bond acceptors (Lipinski definition) is 3. The molecule has 2 atom stereocenters. The van der Waals surface area contributed by atoms with Crippen LogP contribution in [-0.4, -0.2) is 56.8 Å². The zero-order valence-electron chi connectivity index (χ0n) is 15.2. The summed E-state index contributed by atoms with van der Waals surface area (Å²) in [6.45, 7) is 6.49. The molecular weight excluding hydrogens is 316 g/mol. The van der Waals surface area contributed by atoms with Gasteiger partial charge in [0.1, 0.15) is 5.82 Å². The lowest BCUT2D eigenvalue weighted by molar-refractivity contribution is -0.137. The van der Waals surface area contributed by atoms with Crippen LogP contribution in [0.4, 0.5) is 0 Å². The highest BCUT2D eigenvalue weighted by Crippen LogP contribution is 2.34. The van der Waals surface area contributed by atoms with Gasteiger partial charge in [-0.1, -0.05) is 13.8 Å². The van der Waals surface area contributed by atoms with Crippen LogP contribution in [0.25, 0.3) is 0 Å². The van der Waals surface area contributed by atoms with Crippen LogP contribution in [0.3, 0.4) is 0 Å². The van der Waals surface area contributed by atoms with Crippen LogP contribution in [0, 0.1) is 5.92 Å². The first-order valence-electron chi connectivity index (χ1n) is 9.65. The van der Waals surface area contributed by atoms with E-state index in [-0.39, 0.29) is 17.7 Å². The molecule has 3 fully saturated rings. The molecule has 0 spiro atoms. The van der Waals surface area contributed by atoms with Gasteiger partial charge in [0.15, 0.2) is 0 Å². The van der Waals surface area contributed by atoms with Crippen molar-refractivity contribution in [3.05, 3.63) is 18.2 Å². The number of hydrogen-bond donors (Lipinski definition) is 0. The number of likely N-dealkylation sites (tertiary alicyclic amines) is 2. The van der Waals surface area contributed by atoms with Gasteiger partial charge in [0.2, 0.25) is 11.8 Å². The Morgan fingerprint density at radius 2 is 2.00 bits per heavy atom. The first kappa shape index (κ1) is 16.6. The Hall–Kier alpha value is -1.85. The summed E-state index contributed by atoms with van der Waals surface area (Å²) in [4.78, 5) is 33.6. The Morgan fingerprint density at radius 1 is 1.20 bits per heavy atom. The number of amides is 2. The number of imidazole rings is 1. The number of aromatic nitrogens is 2. The van der Waals surface area contributed by atoms with Gasteiger partial charge in [-0.2, -0.15) is 0 Å². The molecule has 1 saturated carbocycles. The van der Waals surface area contributed by atoms with Crippen molar-refractivity contribution >= 4 is 11.8 Å². The van der Waals surface area contributed by atoms with E-state index >= 15 is 0 Å². The van der Waals surface area contributed by atoms with Gasteiger partial charge in [0, 0.05) is 50.4 Å². The van der Waals surface area contributed by atoms with Crippen molar-refractivity contribution in [2.75, 3.05) is 19.6 Å². The summed E-state index contributed by atoms with van der Waals surface area (Å²) in [7, 11) is 0. The molecule has 3 heterocycles. The fourth-order valence-corrected chi connectivity index (χ4v) is 4.36. The summed E-state index contributed by atoms with van der Waals surface area (Å²) in [5.41, 5.74) is 0. The molecule has 0 aromatic carbocycles. The van der Waals surface area contributed by atoms with E-state index in [1.54, 1.807) is 0 Å². The average molecular weight is 344 g/mol. The van der Waals surface area contributed by atoms with Gasteiger partial charge in [-0.05, 0) is 25.7 Å². The molecule has 2 amide bonds. The zero-order valence-corrected chi connectivity index (χ0v) is 15.2. The Morgan fingerprint density at radius 3 is 2.72 bits per heavy atom. The number of carbonyl (C=O) groups is 2. The average Bonchev–Trinajstić information content (AvgIpc) is 3.18. The van der Waals surface area contributed by atoms with Crippen LogP contribution in [0.15, 0.2) is 12.4 Å². The SMILES string of the molecule is CC(C)c1nccn1[C@@H]1CCCN(C(=O)[C@H]2CC(=O)N(C3CC3)C2)C1. The van der Waals surface area contributed by atoms with E-state index in [9.17, 15) is 9.59 Å². The third-order valence-corrected chi connectivity index (χ3v) is 5.81. The molecular formula is C19H28N4O2. The summed E-state index contributed by atoms with van der Waals surface area (Å²) >= 11 is 0. The number of piperidine rings is 1. The lowest BCUT2D eigenvalue weighted by Gasteiger charge is -2.35. The molecule has 3 aliphatic rings. The maximum Gasteiger partial charge on any atom is 0.228 e. The van der Waals surface area contributed by atoms with Gasteiger partial charge >= 0.3 is 0 Å². The van der Waals surface area contributed by atoms with Crippen LogP contribution in [0.1, 0.15) is 63.7 Å². The Bertz CT molecular complexity index is 664. The zero-order chi connectivity index (χ0) is 17.6. The van der Waals surface area contributed by atoms with Crippen molar-refractivity contribution in [3.8, 4) is 0 Å². The molecule has 0 unspecified atom stereocenters. The van der Waals surface area contributed by atoms with Gasteiger partial charge in [-0.15, -0.1) is 0 Å². The summed E-state index contributed by atoms with van der Waals surface area (Å²) in [5, 5.41) is 0. The van der Waals surface area contributed by atoms with Gasteiger partial charge in [-0.3, -0.25) is 9.59 Å². The minimum Gasteiger partial charge on any atom is -0.340 e. The van der Waals surface area contributed by atoms with E-state index in [1.165, 1.54) is 0 Å². The highest BCUT2D eigenvalue weighted by Gasteiger charge is 2.43. The largest absolute Gasteiger partial charge is 0.340 e. The first-order valence-corrected chi connectivity index (χ1v) is 9.65. The minimum absolute atomic E-state index is 0.140. The minimum atomic E-state index is -0.140. The molecule has 2 aliphatic heterocycles. The standard InChI is InChI=1S/C19H28N4O2/c1-13(2)18-20-7-9-22(18)16-4-3-8-21(12-16)19(25)14-10-17(24)23(11-14)15-5-6-15/h7,9,13-16H,3-6,8,10-12H2,1-2H3/t14-,16+/m0/s1. The van der Waals surface area contributed by atoms with E-state index in [0.29, 0.717) is 31.0 Å². The van der Waals surface area contributed by atoms with Crippen molar-refractivity contribution in [1.82, 2.24) is 19.4 Å². The fraction of sp³-hybridized carbons (Fsp3) is 0.737. The Labute approximate surface area is 149 Å². The summed E-state index contributed by atoms with van der Waals surface area (Å²) in [6, 6.07) is 0.716. The van der Waals surface area contributed by atoms with E-state index in [4.69, 9.17) is 0 Å². The smallest absolute Gasteiger partial charge is 0.228 e. The predicted molar refractivity (Wildman–Crippen MR) is 94.0 cm³/mol. The van der Waals surface area contributed by atoms with Crippen molar-refractivity contribution in [2.45, 2.75) is 64.0 Å². The van der Waals surface area contributed by atoms with Crippen molar-refractivity contribution in [1.29, 1.82) is 0 Å². The third kappa shape index (κ3) is 3.18. The maximum absolute atomic E-state index is 13.0. The molecule has 4 rings (SSSR count). The van der Waals surface area contributed by atoms with Gasteiger partial charge in [0.05, 0.1) is 12.0 Å². The van der Waals surface area contributed by atoms with E-state index in [1.807, 2.05) is 22.2 Å². The maximum atomic E-state index is 13.0. The van der Waals surface area contributed by atoms with E-state index < -0.39 is 0 Å². The monoisotopic (exact) mass is 344 g/mol. The molecule has 0 radical (unpaired) electrons. The molecule has 1 aliphatic carbocycles. The van der Waals surface area contributed by atoms with Gasteiger partial charge < -0.3 is 14.4 Å². The number of nitrogens with zero attached hydrogens (tertiary/aromatic N) is 4. The van der Waals surface area contributed by atoms with Crippen LogP contribution >= 0.6 is 0 Å². The van der Waals surface area contributed by atoms with Crippen LogP contribution in [0.5, 0.6) is 0 Å². The lowest BCUT2D eigenvalue weighted by Crippen LogP contribution is -2.44. The molecule has 1 aromatic rings. The summed E-state index contributed by atoms with van der Waals surface area (Å²) in [5.74, 6) is 1.67. The van der Waals surface area contributed by atoms with Crippen molar-refractivity contribution < 1.29 is 9.59 Å². The Balaban J connectivity index is 1.43. The van der Waals surface area contributed by atoms with Crippen LogP contribution in [0.2, 0.25) is 0 Å². The molecule has 6 nitrogen and oxygen atoms in total. The van der Waals surface area contributed by atoms with Crippen LogP contribution < -0.4 is 0 Å². The van der Waals surface area contributed by atoms with Gasteiger partial charge in [-0.25, -0.2) is 4.98 Å². The number of carbonyl (C=O) groups excluding carboxylic acids is 2. The second-order valence-corrected chi connectivity index (χ2v) is 8.11. The van der Waals surface area contributed by atoms with Crippen LogP contribution in [-0.2, 0) is 9.59 Å². The molecule has 136 valence electrons. The normalized spacial score (nSPS) is 27.4. The molecule has 2 saturated heterocycles. The Kier molecular flexibility index (Phi) is 4.29. The third-order valence-electron chi connectivity index (χ3n) is 5.81. The first-order chi connectivity index (χ1) is 12.0. The highest BCUT2D eigenvalue weighted by molar-refractivity contribution is 5.89. The molecule has 0 bridgehead atoms. The molecule has 25 heavy (non-hydrogen) atoms. The van der Waals surface area contributed by atoms with E-state index in [0.717, 1.165) is 44.6 Å². The predicted octanol–water partition coefficient (Wildman–Crippen LogP) is 2.18. The lowest BCUT2D eigenvalue weighted by atomic mass is 10.0. The second-order valence-electron chi connectivity index (χ2n) is 8.11. The fourth-order valence-electron chi connectivity index (χ4n) is 4.36. The molecule has 1 aromatic heterocycles. The summed E-state index contributed by atoms with van der Waals surface area (Å²) in [6.07, 6.45) is 8.62. The number of rotatable bonds is 4. The summed E-state index contributed by atoms with van der Waals surface area (Å²) < 4.78 is 2.25. The van der Waals surface area contributed by atoms with Gasteiger partial charge in [0.25, 0.3) is 0 Å². The quantitative estimate of drug-likeness (QED) is 0.841. The molecule has 0 N–H and O–H groups in total.